The predicted octanol–water partition coefficient (Wildman–Crippen LogP) is 6.97. The Morgan fingerprint density at radius 1 is 1.00 bits per heavy atom. The minimum atomic E-state index is -3.37. The van der Waals surface area contributed by atoms with Gasteiger partial charge in [-0.25, -0.2) is 26.6 Å². The maximum absolute atomic E-state index is 15.2. The highest BCUT2D eigenvalue weighted by Crippen LogP contribution is 2.39. The van der Waals surface area contributed by atoms with Gasteiger partial charge in [0.15, 0.2) is 9.84 Å². The number of nitrogens with zero attached hydrogens (tertiary/aromatic N) is 2. The Morgan fingerprint density at radius 2 is 1.71 bits per heavy atom. The van der Waals surface area contributed by atoms with Crippen molar-refractivity contribution in [2.45, 2.75) is 55.3 Å². The molecule has 0 atom stereocenters. The predicted molar refractivity (Wildman–Crippen MR) is 155 cm³/mol. The topological polar surface area (TPSA) is 83.1 Å². The smallest absolute Gasteiger partial charge is 0.267 e. The van der Waals surface area contributed by atoms with Crippen LogP contribution in [-0.2, 0) is 14.6 Å². The number of carbonyl (C=O) groups is 1. The van der Waals surface area contributed by atoms with Crippen molar-refractivity contribution in [1.82, 2.24) is 14.9 Å². The molecule has 0 radical (unpaired) electrons. The second-order valence-electron chi connectivity index (χ2n) is 11.7. The summed E-state index contributed by atoms with van der Waals surface area (Å²) in [6.07, 6.45) is 4.92. The number of aromatic nitrogens is 2. The molecular weight excluding hydrogens is 563 g/mol. The average molecular weight is 596 g/mol. The van der Waals surface area contributed by atoms with E-state index in [1.807, 2.05) is 18.2 Å². The largest absolute Gasteiger partial charge is 0.338 e. The van der Waals surface area contributed by atoms with Gasteiger partial charge < -0.3 is 9.88 Å². The highest BCUT2D eigenvalue weighted by Gasteiger charge is 2.40. The van der Waals surface area contributed by atoms with Crippen molar-refractivity contribution in [3.63, 3.8) is 0 Å². The molecule has 6 rings (SSSR count). The van der Waals surface area contributed by atoms with Gasteiger partial charge in [-0.2, -0.15) is 0 Å². The third-order valence-corrected chi connectivity index (χ3v) is 9.76. The van der Waals surface area contributed by atoms with E-state index in [2.05, 4.69) is 22.1 Å². The minimum absolute atomic E-state index is 0.147. The highest BCUT2D eigenvalue weighted by molar-refractivity contribution is 7.90. The molecule has 2 fully saturated rings. The van der Waals surface area contributed by atoms with Gasteiger partial charge in [0.05, 0.1) is 28.0 Å². The fourth-order valence-electron chi connectivity index (χ4n) is 6.21. The number of H-pyrrole nitrogens is 1. The van der Waals surface area contributed by atoms with Crippen molar-refractivity contribution in [2.24, 2.45) is 5.92 Å². The first-order valence-corrected chi connectivity index (χ1v) is 16.1. The molecule has 3 aromatic carbocycles. The Kier molecular flexibility index (Phi) is 7.37. The molecular formula is C32H32F3N3O3S. The van der Waals surface area contributed by atoms with Crippen LogP contribution in [0, 0.1) is 11.7 Å². The maximum Gasteiger partial charge on any atom is 0.267 e. The summed E-state index contributed by atoms with van der Waals surface area (Å²) in [7, 11) is -3.37. The number of rotatable bonds is 6. The number of hydrogen-bond donors (Lipinski definition) is 1. The molecule has 1 saturated heterocycles. The lowest BCUT2D eigenvalue weighted by atomic mass is 9.77. The van der Waals surface area contributed by atoms with Crippen LogP contribution in [-0.4, -0.2) is 54.5 Å². The van der Waals surface area contributed by atoms with E-state index in [0.29, 0.717) is 34.8 Å². The molecule has 1 aliphatic heterocycles. The van der Waals surface area contributed by atoms with E-state index >= 15 is 4.39 Å². The summed E-state index contributed by atoms with van der Waals surface area (Å²) in [6, 6.07) is 17.7. The van der Waals surface area contributed by atoms with E-state index < -0.39 is 28.1 Å². The van der Waals surface area contributed by atoms with Crippen LogP contribution in [0.4, 0.5) is 13.2 Å². The Hall–Kier alpha value is -3.66. The van der Waals surface area contributed by atoms with Gasteiger partial charge in [0, 0.05) is 25.6 Å². The molecule has 2 aliphatic rings. The zero-order valence-corrected chi connectivity index (χ0v) is 24.1. The van der Waals surface area contributed by atoms with E-state index in [0.717, 1.165) is 43.1 Å². The van der Waals surface area contributed by atoms with Crippen LogP contribution < -0.4 is 0 Å². The Balaban J connectivity index is 1.09. The first-order chi connectivity index (χ1) is 19.9. The molecule has 6 nitrogen and oxygen atoms in total. The molecule has 1 aromatic heterocycles. The van der Waals surface area contributed by atoms with Gasteiger partial charge >= 0.3 is 0 Å². The number of aromatic amines is 1. The molecule has 0 bridgehead atoms. The zero-order chi connectivity index (χ0) is 29.6. The van der Waals surface area contributed by atoms with E-state index in [1.54, 1.807) is 12.1 Å². The number of nitrogens with one attached hydrogen (secondary N) is 1. The number of likely N-dealkylation sites (tertiary alicyclic amines) is 1. The number of hydrogen-bond acceptors (Lipinski definition) is 4. The van der Waals surface area contributed by atoms with E-state index in [1.165, 1.54) is 28.7 Å². The number of imidazole rings is 1. The van der Waals surface area contributed by atoms with Gasteiger partial charge in [-0.1, -0.05) is 30.3 Å². The molecule has 10 heteroatoms. The first kappa shape index (κ1) is 28.5. The van der Waals surface area contributed by atoms with Gasteiger partial charge in [0.1, 0.15) is 11.6 Å². The molecule has 2 heterocycles. The normalized spacial score (nSPS) is 20.7. The minimum Gasteiger partial charge on any atom is -0.338 e. The van der Waals surface area contributed by atoms with Crippen molar-refractivity contribution in [3.05, 3.63) is 72.0 Å². The summed E-state index contributed by atoms with van der Waals surface area (Å²) in [5.41, 5.74) is 4.18. The Labute approximate surface area is 242 Å². The summed E-state index contributed by atoms with van der Waals surface area (Å²) in [6.45, 7) is -0.303. The van der Waals surface area contributed by atoms with Gasteiger partial charge in [-0.3, -0.25) is 4.79 Å². The van der Waals surface area contributed by atoms with Gasteiger partial charge in [-0.05, 0) is 84.5 Å². The summed E-state index contributed by atoms with van der Waals surface area (Å²) in [5.74, 6) is -2.42. The molecule has 1 N–H and O–H groups in total. The van der Waals surface area contributed by atoms with Crippen molar-refractivity contribution in [2.75, 3.05) is 19.3 Å². The van der Waals surface area contributed by atoms with Gasteiger partial charge in [0.25, 0.3) is 5.92 Å². The summed E-state index contributed by atoms with van der Waals surface area (Å²) < 4.78 is 65.9. The Bertz CT molecular complexity index is 1740. The number of sulfone groups is 1. The molecule has 0 spiro atoms. The van der Waals surface area contributed by atoms with Crippen molar-refractivity contribution < 1.29 is 26.4 Å². The van der Waals surface area contributed by atoms with E-state index in [-0.39, 0.29) is 29.7 Å². The summed E-state index contributed by atoms with van der Waals surface area (Å²) in [5, 5.41) is 0. The quantitative estimate of drug-likeness (QED) is 0.261. The molecule has 1 aliphatic carbocycles. The fraction of sp³-hybridized carbons (Fsp3) is 0.375. The fourth-order valence-corrected chi connectivity index (χ4v) is 6.85. The SMILES string of the molecule is CS(=O)(=O)c1ccc2nc(-c3ccc(-c4ccc(C5CCC(CC(=O)N6CCC(F)(F)C6)CC5)cc4)cc3F)[nH]c2c1. The molecule has 0 unspecified atom stereocenters. The van der Waals surface area contributed by atoms with Crippen LogP contribution in [0.1, 0.15) is 50.0 Å². The monoisotopic (exact) mass is 595 g/mol. The van der Waals surface area contributed by atoms with E-state index in [4.69, 9.17) is 0 Å². The van der Waals surface area contributed by atoms with Crippen LogP contribution in [0.25, 0.3) is 33.5 Å². The molecule has 42 heavy (non-hydrogen) atoms. The molecule has 220 valence electrons. The number of alkyl halides is 2. The number of amides is 1. The summed E-state index contributed by atoms with van der Waals surface area (Å²) >= 11 is 0. The second kappa shape index (κ2) is 10.9. The Morgan fingerprint density at radius 3 is 2.36 bits per heavy atom. The second-order valence-corrected chi connectivity index (χ2v) is 13.7. The van der Waals surface area contributed by atoms with Gasteiger partial charge in [-0.15, -0.1) is 0 Å². The molecule has 4 aromatic rings. The number of carbonyl (C=O) groups excluding carboxylic acids is 1. The first-order valence-electron chi connectivity index (χ1n) is 14.2. The zero-order valence-electron chi connectivity index (χ0n) is 23.2. The number of benzene rings is 3. The van der Waals surface area contributed by atoms with Crippen LogP contribution >= 0.6 is 0 Å². The van der Waals surface area contributed by atoms with Crippen molar-refractivity contribution in [3.8, 4) is 22.5 Å². The summed E-state index contributed by atoms with van der Waals surface area (Å²) in [4.78, 5) is 21.4. The number of fused-ring (bicyclic) bond motifs is 1. The van der Waals surface area contributed by atoms with Crippen LogP contribution in [0.5, 0.6) is 0 Å². The molecule has 1 amide bonds. The number of halogens is 3. The standard InChI is InChI=1S/C32H32F3N3O3S/c1-42(40,41)25-11-13-28-29(18-25)37-31(36-28)26-12-10-24(17-27(26)33)23-8-6-22(7-9-23)21-4-2-20(3-5-21)16-30(39)38-15-14-32(34,35)19-38/h6-13,17-18,20-21H,2-5,14-16,19H2,1H3,(H,36,37). The van der Waals surface area contributed by atoms with Crippen LogP contribution in [0.2, 0.25) is 0 Å². The van der Waals surface area contributed by atoms with Crippen molar-refractivity contribution in [1.29, 1.82) is 0 Å². The maximum atomic E-state index is 15.2. The highest BCUT2D eigenvalue weighted by atomic mass is 32.2. The average Bonchev–Trinajstić information content (AvgIpc) is 3.55. The van der Waals surface area contributed by atoms with Crippen LogP contribution in [0.15, 0.2) is 65.6 Å². The molecule has 1 saturated carbocycles. The lowest BCUT2D eigenvalue weighted by Gasteiger charge is -2.29. The van der Waals surface area contributed by atoms with E-state index in [9.17, 15) is 22.0 Å². The lowest BCUT2D eigenvalue weighted by Crippen LogP contribution is -2.33. The lowest BCUT2D eigenvalue weighted by molar-refractivity contribution is -0.132. The van der Waals surface area contributed by atoms with Gasteiger partial charge in [0.2, 0.25) is 5.91 Å². The van der Waals surface area contributed by atoms with Crippen molar-refractivity contribution >= 4 is 26.8 Å². The third kappa shape index (κ3) is 5.95. The van der Waals surface area contributed by atoms with Crippen LogP contribution in [0.3, 0.4) is 0 Å². The third-order valence-electron chi connectivity index (χ3n) is 8.65.